The molecule has 7 heteroatoms. The maximum Gasteiger partial charge on any atom is 0.258 e. The van der Waals surface area contributed by atoms with Crippen molar-refractivity contribution in [2.45, 2.75) is 19.4 Å². The van der Waals surface area contributed by atoms with E-state index in [0.717, 1.165) is 55.7 Å². The van der Waals surface area contributed by atoms with E-state index in [1.807, 2.05) is 54.6 Å². The van der Waals surface area contributed by atoms with Gasteiger partial charge >= 0.3 is 0 Å². The molecule has 0 atom stereocenters. The number of pyridine rings is 1. The fourth-order valence-corrected chi connectivity index (χ4v) is 4.86. The Morgan fingerprint density at radius 2 is 1.85 bits per heavy atom. The van der Waals surface area contributed by atoms with Gasteiger partial charge in [0.15, 0.2) is 0 Å². The maximum absolute atomic E-state index is 12.9. The van der Waals surface area contributed by atoms with Crippen LogP contribution in [0.5, 0.6) is 0 Å². The summed E-state index contributed by atoms with van der Waals surface area (Å²) in [5, 5.41) is 6.14. The third-order valence-corrected chi connectivity index (χ3v) is 7.09. The summed E-state index contributed by atoms with van der Waals surface area (Å²) in [5.41, 5.74) is 3.14. The number of halogens is 1. The van der Waals surface area contributed by atoms with E-state index in [-0.39, 0.29) is 17.2 Å². The second-order valence-corrected chi connectivity index (χ2v) is 9.16. The summed E-state index contributed by atoms with van der Waals surface area (Å²) < 4.78 is 0. The Morgan fingerprint density at radius 1 is 1.06 bits per heavy atom. The van der Waals surface area contributed by atoms with Crippen molar-refractivity contribution in [3.8, 4) is 11.1 Å². The van der Waals surface area contributed by atoms with Crippen LogP contribution in [0, 0.1) is 5.41 Å². The molecule has 0 radical (unpaired) electrons. The Kier molecular flexibility index (Phi) is 5.87. The van der Waals surface area contributed by atoms with Gasteiger partial charge in [-0.3, -0.25) is 14.5 Å². The minimum atomic E-state index is -0.293. The molecule has 6 nitrogen and oxygen atoms in total. The van der Waals surface area contributed by atoms with E-state index in [4.69, 9.17) is 11.6 Å². The van der Waals surface area contributed by atoms with Gasteiger partial charge in [-0.05, 0) is 49.2 Å². The second-order valence-electron chi connectivity index (χ2n) is 8.78. The van der Waals surface area contributed by atoms with E-state index in [1.54, 1.807) is 12.3 Å². The van der Waals surface area contributed by atoms with E-state index in [1.165, 1.54) is 0 Å². The minimum Gasteiger partial charge on any atom is -0.354 e. The topological polar surface area (TPSA) is 74.3 Å². The number of hydrogen-bond donors (Lipinski definition) is 2. The number of rotatable bonds is 5. The second kappa shape index (κ2) is 8.96. The van der Waals surface area contributed by atoms with Crippen molar-refractivity contribution in [1.82, 2.24) is 15.2 Å². The largest absolute Gasteiger partial charge is 0.354 e. The standard InChI is InChI=1S/C26H25ClN4O2/c27-23-20(19-5-2-1-3-6-19)7-4-8-21(23)24(32)30-22-10-9-18(15-28-22)16-31-13-11-26(12-14-31)17-29-25(26)33/h1-10,15H,11-14,16-17H2,(H,29,33)(H,28,30,32). The highest BCUT2D eigenvalue weighted by molar-refractivity contribution is 6.37. The summed E-state index contributed by atoms with van der Waals surface area (Å²) in [6.07, 6.45) is 3.60. The predicted molar refractivity (Wildman–Crippen MR) is 129 cm³/mol. The fourth-order valence-electron chi connectivity index (χ4n) is 4.54. The van der Waals surface area contributed by atoms with Crippen molar-refractivity contribution in [2.24, 2.45) is 5.41 Å². The number of amides is 2. The van der Waals surface area contributed by atoms with Gasteiger partial charge in [0.2, 0.25) is 5.91 Å². The first kappa shape index (κ1) is 21.6. The third kappa shape index (κ3) is 4.36. The van der Waals surface area contributed by atoms with Crippen LogP contribution >= 0.6 is 11.6 Å². The number of β-lactam (4-membered cyclic amide) rings is 1. The fraction of sp³-hybridized carbons (Fsp3) is 0.269. The van der Waals surface area contributed by atoms with Crippen LogP contribution in [0.1, 0.15) is 28.8 Å². The molecule has 0 bridgehead atoms. The number of piperidine rings is 1. The zero-order valence-corrected chi connectivity index (χ0v) is 18.9. The Labute approximate surface area is 198 Å². The van der Waals surface area contributed by atoms with Crippen LogP contribution in [0.25, 0.3) is 11.1 Å². The predicted octanol–water partition coefficient (Wildman–Crippen LogP) is 4.37. The van der Waals surface area contributed by atoms with Crippen LogP contribution in [0.4, 0.5) is 5.82 Å². The molecule has 5 rings (SSSR count). The van der Waals surface area contributed by atoms with E-state index in [9.17, 15) is 9.59 Å². The molecule has 2 amide bonds. The van der Waals surface area contributed by atoms with Crippen LogP contribution < -0.4 is 10.6 Å². The van der Waals surface area contributed by atoms with Crippen LogP contribution in [0.3, 0.4) is 0 Å². The van der Waals surface area contributed by atoms with Gasteiger partial charge in [0.1, 0.15) is 5.82 Å². The van der Waals surface area contributed by atoms with Crippen molar-refractivity contribution in [2.75, 3.05) is 25.0 Å². The van der Waals surface area contributed by atoms with Gasteiger partial charge in [-0.25, -0.2) is 4.98 Å². The number of nitrogens with zero attached hydrogens (tertiary/aromatic N) is 2. The van der Waals surface area contributed by atoms with E-state index in [2.05, 4.69) is 20.5 Å². The lowest BCUT2D eigenvalue weighted by atomic mass is 9.72. The van der Waals surface area contributed by atoms with Crippen LogP contribution in [-0.2, 0) is 11.3 Å². The van der Waals surface area contributed by atoms with E-state index in [0.29, 0.717) is 16.4 Å². The molecule has 0 unspecified atom stereocenters. The molecule has 2 aliphatic heterocycles. The molecule has 3 heterocycles. The highest BCUT2D eigenvalue weighted by atomic mass is 35.5. The van der Waals surface area contributed by atoms with Crippen LogP contribution in [-0.4, -0.2) is 41.3 Å². The molecule has 2 saturated heterocycles. The number of likely N-dealkylation sites (tertiary alicyclic amines) is 1. The van der Waals surface area contributed by atoms with Crippen LogP contribution in [0.2, 0.25) is 5.02 Å². The highest BCUT2D eigenvalue weighted by Crippen LogP contribution is 2.36. The molecule has 3 aromatic rings. The number of anilines is 1. The van der Waals surface area contributed by atoms with Crippen molar-refractivity contribution >= 4 is 29.2 Å². The molecule has 2 N–H and O–H groups in total. The smallest absolute Gasteiger partial charge is 0.258 e. The number of hydrogen-bond acceptors (Lipinski definition) is 4. The SMILES string of the molecule is O=C(Nc1ccc(CN2CCC3(CC2)CNC3=O)cn1)c1cccc(-c2ccccc2)c1Cl. The van der Waals surface area contributed by atoms with Gasteiger partial charge < -0.3 is 10.6 Å². The van der Waals surface area contributed by atoms with Crippen molar-refractivity contribution in [1.29, 1.82) is 0 Å². The van der Waals surface area contributed by atoms with Gasteiger partial charge in [0.05, 0.1) is 16.0 Å². The van der Waals surface area contributed by atoms with Gasteiger partial charge in [0.25, 0.3) is 5.91 Å². The first-order valence-electron chi connectivity index (χ1n) is 11.1. The Bertz CT molecular complexity index is 1170. The van der Waals surface area contributed by atoms with Gasteiger partial charge in [-0.1, -0.05) is 60.1 Å². The molecule has 1 spiro atoms. The number of carbonyl (C=O) groups excluding carboxylic acids is 2. The van der Waals surface area contributed by atoms with Gasteiger partial charge in [-0.2, -0.15) is 0 Å². The number of aromatic nitrogens is 1. The Morgan fingerprint density at radius 3 is 2.48 bits per heavy atom. The molecule has 2 aliphatic rings. The van der Waals surface area contributed by atoms with Crippen molar-refractivity contribution < 1.29 is 9.59 Å². The summed E-state index contributed by atoms with van der Waals surface area (Å²) in [4.78, 5) is 31.5. The lowest BCUT2D eigenvalue weighted by molar-refractivity contribution is -0.143. The average molecular weight is 461 g/mol. The molecule has 33 heavy (non-hydrogen) atoms. The molecule has 1 aromatic heterocycles. The summed E-state index contributed by atoms with van der Waals surface area (Å²) in [6.45, 7) is 3.40. The Balaban J connectivity index is 1.21. The van der Waals surface area contributed by atoms with E-state index >= 15 is 0 Å². The molecule has 2 fully saturated rings. The Hall–Kier alpha value is -3.22. The van der Waals surface area contributed by atoms with Crippen molar-refractivity contribution in [3.05, 3.63) is 83.0 Å². The molecule has 2 aromatic carbocycles. The van der Waals surface area contributed by atoms with Crippen LogP contribution in [0.15, 0.2) is 66.9 Å². The van der Waals surface area contributed by atoms with Gasteiger partial charge in [-0.15, -0.1) is 0 Å². The molecule has 0 saturated carbocycles. The summed E-state index contributed by atoms with van der Waals surface area (Å²) in [6, 6.07) is 19.0. The summed E-state index contributed by atoms with van der Waals surface area (Å²) in [5.74, 6) is 0.394. The van der Waals surface area contributed by atoms with E-state index < -0.39 is 0 Å². The highest BCUT2D eigenvalue weighted by Gasteiger charge is 2.47. The number of nitrogens with one attached hydrogen (secondary N) is 2. The number of benzene rings is 2. The van der Waals surface area contributed by atoms with Gasteiger partial charge in [0, 0.05) is 24.8 Å². The molecular formula is C26H25ClN4O2. The summed E-state index contributed by atoms with van der Waals surface area (Å²) >= 11 is 6.57. The molecule has 168 valence electrons. The molecular weight excluding hydrogens is 436 g/mol. The maximum atomic E-state index is 12.9. The minimum absolute atomic E-state index is 0.123. The monoisotopic (exact) mass is 460 g/mol. The molecule has 0 aliphatic carbocycles. The van der Waals surface area contributed by atoms with Crippen molar-refractivity contribution in [3.63, 3.8) is 0 Å². The average Bonchev–Trinajstić information content (AvgIpc) is 2.85. The zero-order chi connectivity index (χ0) is 22.8. The number of carbonyl (C=O) groups is 2. The normalized spacial score (nSPS) is 17.3. The first-order valence-corrected chi connectivity index (χ1v) is 11.5. The zero-order valence-electron chi connectivity index (χ0n) is 18.2. The quantitative estimate of drug-likeness (QED) is 0.554. The third-order valence-electron chi connectivity index (χ3n) is 6.68. The lowest BCUT2D eigenvalue weighted by Crippen LogP contribution is -2.62. The first-order chi connectivity index (χ1) is 16.0. The lowest BCUT2D eigenvalue weighted by Gasteiger charge is -2.46. The summed E-state index contributed by atoms with van der Waals surface area (Å²) in [7, 11) is 0.